The number of nitrogens with zero attached hydrogens (tertiary/aromatic N) is 2. The number of alkyl halides is 1. The van der Waals surface area contributed by atoms with Gasteiger partial charge in [-0.1, -0.05) is 28.8 Å². The van der Waals surface area contributed by atoms with Gasteiger partial charge in [0.15, 0.2) is 0 Å². The second kappa shape index (κ2) is 5.49. The summed E-state index contributed by atoms with van der Waals surface area (Å²) >= 11 is 3.60. The van der Waals surface area contributed by atoms with Crippen molar-refractivity contribution in [1.82, 2.24) is 9.97 Å². The van der Waals surface area contributed by atoms with Crippen LogP contribution in [0.1, 0.15) is 25.7 Å². The van der Waals surface area contributed by atoms with Crippen LogP contribution >= 0.6 is 15.9 Å². The van der Waals surface area contributed by atoms with Gasteiger partial charge in [0.1, 0.15) is 5.82 Å². The molecule has 1 fully saturated rings. The molecule has 1 N–H and O–H groups in total. The van der Waals surface area contributed by atoms with Gasteiger partial charge in [-0.2, -0.15) is 0 Å². The number of benzene rings is 1. The number of aromatic nitrogens is 2. The van der Waals surface area contributed by atoms with E-state index in [1.54, 1.807) is 6.07 Å². The Balaban J connectivity index is 1.96. The topological polar surface area (TPSA) is 31.9 Å². The van der Waals surface area contributed by atoms with E-state index in [0.29, 0.717) is 6.04 Å². The summed E-state index contributed by atoms with van der Waals surface area (Å²) < 4.78 is 13.2. The Morgan fingerprint density at radius 1 is 1.37 bits per heavy atom. The Morgan fingerprint density at radius 3 is 3.11 bits per heavy atom. The lowest BCUT2D eigenvalue weighted by molar-refractivity contribution is 0.618. The Morgan fingerprint density at radius 2 is 2.26 bits per heavy atom. The fourth-order valence-electron chi connectivity index (χ4n) is 2.72. The van der Waals surface area contributed by atoms with Crippen molar-refractivity contribution in [3.8, 4) is 0 Å². The summed E-state index contributed by atoms with van der Waals surface area (Å²) in [6.07, 6.45) is 4.90. The van der Waals surface area contributed by atoms with Crippen LogP contribution in [0.3, 0.4) is 0 Å². The molecule has 0 radical (unpaired) electrons. The van der Waals surface area contributed by atoms with Crippen LogP contribution in [0.5, 0.6) is 0 Å². The number of imidazole rings is 1. The molecule has 0 bridgehead atoms. The molecule has 1 aromatic heterocycles. The maximum atomic E-state index is 13.2. The highest BCUT2D eigenvalue weighted by molar-refractivity contribution is 9.09. The molecule has 0 saturated carbocycles. The van der Waals surface area contributed by atoms with Crippen LogP contribution in [-0.4, -0.2) is 27.9 Å². The van der Waals surface area contributed by atoms with E-state index in [-0.39, 0.29) is 5.82 Å². The lowest BCUT2D eigenvalue weighted by Gasteiger charge is -2.28. The molecule has 0 aliphatic carbocycles. The number of hydrogen-bond acceptors (Lipinski definition) is 2. The van der Waals surface area contributed by atoms with Crippen LogP contribution in [0.4, 0.5) is 10.3 Å². The molecule has 1 aromatic carbocycles. The second-order valence-corrected chi connectivity index (χ2v) is 5.72. The third-order valence-electron chi connectivity index (χ3n) is 3.76. The minimum atomic E-state index is -0.226. The standard InChI is InChI=1S/C14H17BrFN3/c15-9-11-4-2-1-3-7-19(11)14-17-12-6-5-10(16)8-13(12)18-14/h5-6,8,11H,1-4,7,9H2,(H,17,18). The van der Waals surface area contributed by atoms with Crippen molar-refractivity contribution in [3.05, 3.63) is 24.0 Å². The summed E-state index contributed by atoms with van der Waals surface area (Å²) in [6.45, 7) is 1.01. The predicted molar refractivity (Wildman–Crippen MR) is 79.4 cm³/mol. The van der Waals surface area contributed by atoms with Crippen molar-refractivity contribution in [1.29, 1.82) is 0 Å². The van der Waals surface area contributed by atoms with Crippen molar-refractivity contribution in [2.24, 2.45) is 0 Å². The molecule has 19 heavy (non-hydrogen) atoms. The smallest absolute Gasteiger partial charge is 0.204 e. The molecule has 1 aliphatic heterocycles. The molecule has 3 rings (SSSR count). The average Bonchev–Trinajstić information content (AvgIpc) is 2.67. The van der Waals surface area contributed by atoms with E-state index in [9.17, 15) is 4.39 Å². The largest absolute Gasteiger partial charge is 0.339 e. The molecular formula is C14H17BrFN3. The SMILES string of the molecule is Fc1ccc2nc(N3CCCCCC3CBr)[nH]c2c1. The number of hydrogen-bond donors (Lipinski definition) is 1. The number of aromatic amines is 1. The minimum Gasteiger partial charge on any atom is -0.339 e. The predicted octanol–water partition coefficient (Wildman–Crippen LogP) is 3.85. The van der Waals surface area contributed by atoms with Gasteiger partial charge in [-0.3, -0.25) is 0 Å². The van der Waals surface area contributed by atoms with Gasteiger partial charge in [0.25, 0.3) is 0 Å². The molecule has 102 valence electrons. The number of rotatable bonds is 2. The van der Waals surface area contributed by atoms with Crippen LogP contribution in [0.15, 0.2) is 18.2 Å². The second-order valence-electron chi connectivity index (χ2n) is 5.07. The van der Waals surface area contributed by atoms with Crippen molar-refractivity contribution >= 4 is 32.9 Å². The lowest BCUT2D eigenvalue weighted by atomic mass is 10.1. The molecule has 1 aliphatic rings. The highest BCUT2D eigenvalue weighted by atomic mass is 79.9. The first-order chi connectivity index (χ1) is 9.28. The first-order valence-electron chi connectivity index (χ1n) is 6.76. The van der Waals surface area contributed by atoms with Gasteiger partial charge in [0.2, 0.25) is 5.95 Å². The van der Waals surface area contributed by atoms with Gasteiger partial charge in [-0.15, -0.1) is 0 Å². The maximum Gasteiger partial charge on any atom is 0.204 e. The molecule has 1 unspecified atom stereocenters. The monoisotopic (exact) mass is 325 g/mol. The van der Waals surface area contributed by atoms with E-state index in [4.69, 9.17) is 0 Å². The van der Waals surface area contributed by atoms with Crippen LogP contribution in [0, 0.1) is 5.82 Å². The summed E-state index contributed by atoms with van der Waals surface area (Å²) in [5.74, 6) is 0.641. The molecule has 0 spiro atoms. The van der Waals surface area contributed by atoms with Gasteiger partial charge in [0.05, 0.1) is 11.0 Å². The Kier molecular flexibility index (Phi) is 3.73. The normalized spacial score (nSPS) is 20.7. The number of fused-ring (bicyclic) bond motifs is 1. The summed E-state index contributed by atoms with van der Waals surface area (Å²) in [6, 6.07) is 5.16. The van der Waals surface area contributed by atoms with Crippen molar-refractivity contribution in [2.75, 3.05) is 16.8 Å². The maximum absolute atomic E-state index is 13.2. The number of H-pyrrole nitrogens is 1. The lowest BCUT2D eigenvalue weighted by Crippen LogP contribution is -2.36. The van der Waals surface area contributed by atoms with Gasteiger partial charge >= 0.3 is 0 Å². The Bertz CT molecular complexity index is 569. The fraction of sp³-hybridized carbons (Fsp3) is 0.500. The van der Waals surface area contributed by atoms with E-state index in [1.807, 2.05) is 0 Å². The van der Waals surface area contributed by atoms with Gasteiger partial charge in [0, 0.05) is 17.9 Å². The molecule has 3 nitrogen and oxygen atoms in total. The summed E-state index contributed by atoms with van der Waals surface area (Å²) in [5.41, 5.74) is 1.60. The van der Waals surface area contributed by atoms with Gasteiger partial charge in [-0.05, 0) is 31.0 Å². The zero-order valence-corrected chi connectivity index (χ0v) is 12.3. The highest BCUT2D eigenvalue weighted by Gasteiger charge is 2.22. The van der Waals surface area contributed by atoms with E-state index in [1.165, 1.54) is 37.8 Å². The Hall–Kier alpha value is -1.10. The van der Waals surface area contributed by atoms with Gasteiger partial charge in [-0.25, -0.2) is 9.37 Å². The number of halogens is 2. The molecule has 1 saturated heterocycles. The van der Waals surface area contributed by atoms with Crippen LogP contribution in [0.2, 0.25) is 0 Å². The average molecular weight is 326 g/mol. The molecule has 1 atom stereocenters. The quantitative estimate of drug-likeness (QED) is 0.850. The fourth-order valence-corrected chi connectivity index (χ4v) is 3.39. The van der Waals surface area contributed by atoms with E-state index < -0.39 is 0 Å². The van der Waals surface area contributed by atoms with Crippen molar-refractivity contribution in [3.63, 3.8) is 0 Å². The summed E-state index contributed by atoms with van der Waals surface area (Å²) in [5, 5.41) is 0.943. The first-order valence-corrected chi connectivity index (χ1v) is 7.88. The third kappa shape index (κ3) is 2.61. The molecule has 5 heteroatoms. The van der Waals surface area contributed by atoms with Crippen molar-refractivity contribution < 1.29 is 4.39 Å². The van der Waals surface area contributed by atoms with E-state index in [0.717, 1.165) is 28.9 Å². The minimum absolute atomic E-state index is 0.226. The highest BCUT2D eigenvalue weighted by Crippen LogP contribution is 2.25. The summed E-state index contributed by atoms with van der Waals surface area (Å²) in [7, 11) is 0. The molecule has 0 amide bonds. The zero-order chi connectivity index (χ0) is 13.2. The molecule has 2 aromatic rings. The number of nitrogens with one attached hydrogen (secondary N) is 1. The van der Waals surface area contributed by atoms with Crippen LogP contribution in [-0.2, 0) is 0 Å². The van der Waals surface area contributed by atoms with E-state index in [2.05, 4.69) is 30.8 Å². The molecule has 2 heterocycles. The third-order valence-corrected chi connectivity index (χ3v) is 4.51. The van der Waals surface area contributed by atoms with Crippen molar-refractivity contribution in [2.45, 2.75) is 31.7 Å². The summed E-state index contributed by atoms with van der Waals surface area (Å²) in [4.78, 5) is 10.2. The number of anilines is 1. The van der Waals surface area contributed by atoms with Gasteiger partial charge < -0.3 is 9.88 Å². The zero-order valence-electron chi connectivity index (χ0n) is 10.7. The molecular weight excluding hydrogens is 309 g/mol. The Labute approximate surface area is 120 Å². The van der Waals surface area contributed by atoms with Crippen LogP contribution < -0.4 is 4.90 Å². The van der Waals surface area contributed by atoms with Crippen LogP contribution in [0.25, 0.3) is 11.0 Å². The first kappa shape index (κ1) is 12.9. The van der Waals surface area contributed by atoms with E-state index >= 15 is 0 Å².